The Bertz CT molecular complexity index is 1270. The first-order valence-corrected chi connectivity index (χ1v) is 13.1. The van der Waals surface area contributed by atoms with Crippen molar-refractivity contribution in [2.45, 2.75) is 49.7 Å². The summed E-state index contributed by atoms with van der Waals surface area (Å²) in [6.07, 6.45) is 1.55. The average Bonchev–Trinajstić information content (AvgIpc) is 3.43. The van der Waals surface area contributed by atoms with Crippen molar-refractivity contribution in [2.75, 3.05) is 13.7 Å². The molecule has 0 amide bonds. The second-order valence-electron chi connectivity index (χ2n) is 9.49. The predicted molar refractivity (Wildman–Crippen MR) is 134 cm³/mol. The summed E-state index contributed by atoms with van der Waals surface area (Å²) in [5, 5.41) is 15.2. The van der Waals surface area contributed by atoms with Crippen molar-refractivity contribution in [3.8, 4) is 0 Å². The van der Waals surface area contributed by atoms with Crippen molar-refractivity contribution in [1.82, 2.24) is 15.2 Å². The number of rotatable bonds is 7. The normalized spacial score (nSPS) is 27.0. The number of nitrogens with one attached hydrogen (secondary N) is 1. The molecule has 4 heterocycles. The smallest absolute Gasteiger partial charge is 0.338 e. The lowest BCUT2D eigenvalue weighted by molar-refractivity contribution is -0.139. The van der Waals surface area contributed by atoms with Crippen LogP contribution in [0.4, 0.5) is 8.78 Å². The second kappa shape index (κ2) is 10.1. The summed E-state index contributed by atoms with van der Waals surface area (Å²) < 4.78 is 35.2. The summed E-state index contributed by atoms with van der Waals surface area (Å²) in [5.74, 6) is -4.52. The van der Waals surface area contributed by atoms with E-state index < -0.39 is 36.0 Å². The molecular formula is C25H25ClF2N4O4S. The molecule has 2 N–H and O–H groups in total. The topological polar surface area (TPSA) is 104 Å². The molecule has 1 aromatic heterocycles. The van der Waals surface area contributed by atoms with Gasteiger partial charge >= 0.3 is 11.9 Å². The molecule has 2 saturated heterocycles. The molecule has 4 unspecified atom stereocenters. The minimum atomic E-state index is -2.97. The zero-order valence-electron chi connectivity index (χ0n) is 19.9. The number of carboxylic acid groups (broad SMARTS) is 1. The first-order chi connectivity index (χ1) is 17.7. The summed E-state index contributed by atoms with van der Waals surface area (Å²) in [5.41, 5.74) is 1.15. The van der Waals surface area contributed by atoms with Crippen LogP contribution in [0.2, 0.25) is 5.02 Å². The molecule has 8 nitrogen and oxygen atoms in total. The number of aliphatic carboxylic acids is 1. The van der Waals surface area contributed by atoms with E-state index in [0.717, 1.165) is 0 Å². The van der Waals surface area contributed by atoms with Crippen LogP contribution in [0, 0.1) is 5.92 Å². The van der Waals surface area contributed by atoms with Crippen molar-refractivity contribution in [2.24, 2.45) is 10.9 Å². The number of carboxylic acids is 1. The highest BCUT2D eigenvalue weighted by Gasteiger charge is 2.57. The van der Waals surface area contributed by atoms with Gasteiger partial charge in [0.25, 0.3) is 5.92 Å². The zero-order chi connectivity index (χ0) is 26.3. The third kappa shape index (κ3) is 4.99. The van der Waals surface area contributed by atoms with Crippen molar-refractivity contribution in [3.63, 3.8) is 0 Å². The van der Waals surface area contributed by atoms with Gasteiger partial charge in [-0.15, -0.1) is 11.3 Å². The van der Waals surface area contributed by atoms with Gasteiger partial charge in [-0.3, -0.25) is 14.7 Å². The largest absolute Gasteiger partial charge is 0.481 e. The number of aromatic nitrogens is 1. The van der Waals surface area contributed by atoms with Gasteiger partial charge < -0.3 is 15.2 Å². The van der Waals surface area contributed by atoms with E-state index in [1.165, 1.54) is 18.4 Å². The number of carbonyl (C=O) groups excluding carboxylic acids is 1. The van der Waals surface area contributed by atoms with Gasteiger partial charge in [0.2, 0.25) is 0 Å². The fourth-order valence-corrected chi connectivity index (χ4v) is 6.49. The number of esters is 1. The maximum Gasteiger partial charge on any atom is 0.338 e. The summed E-state index contributed by atoms with van der Waals surface area (Å²) in [6, 6.07) is 4.51. The molecule has 0 saturated carbocycles. The minimum Gasteiger partial charge on any atom is -0.481 e. The van der Waals surface area contributed by atoms with Crippen molar-refractivity contribution >= 4 is 40.7 Å². The van der Waals surface area contributed by atoms with E-state index in [9.17, 15) is 14.7 Å². The van der Waals surface area contributed by atoms with Gasteiger partial charge in [0.15, 0.2) is 10.8 Å². The number of benzene rings is 1. The van der Waals surface area contributed by atoms with Crippen LogP contribution in [0.15, 0.2) is 52.1 Å². The lowest BCUT2D eigenvalue weighted by Crippen LogP contribution is -2.50. The summed E-state index contributed by atoms with van der Waals surface area (Å²) in [7, 11) is 1.26. The molecule has 1 aromatic carbocycles. The number of halogens is 3. The highest BCUT2D eigenvalue weighted by molar-refractivity contribution is 7.11. The maximum atomic E-state index is 15.1. The van der Waals surface area contributed by atoms with Crippen LogP contribution in [0.25, 0.3) is 0 Å². The van der Waals surface area contributed by atoms with E-state index in [1.54, 1.807) is 40.7 Å². The monoisotopic (exact) mass is 550 g/mol. The number of hydrogen-bond acceptors (Lipinski definition) is 8. The molecule has 3 aliphatic heterocycles. The molecule has 196 valence electrons. The summed E-state index contributed by atoms with van der Waals surface area (Å²) in [6.45, 7) is 0.0144. The number of thiazole rings is 1. The van der Waals surface area contributed by atoms with Crippen molar-refractivity contribution in [1.29, 1.82) is 0 Å². The number of ether oxygens (including phenoxy) is 1. The molecule has 12 heteroatoms. The number of carbonyl (C=O) groups is 2. The minimum absolute atomic E-state index is 0.0144. The molecule has 4 atom stereocenters. The Morgan fingerprint density at radius 2 is 2.11 bits per heavy atom. The van der Waals surface area contributed by atoms with Crippen molar-refractivity contribution in [3.05, 3.63) is 62.7 Å². The number of amidine groups is 1. The molecule has 0 aliphatic carbocycles. The number of piperidine rings is 1. The number of nitrogens with zero attached hydrogens (tertiary/aromatic N) is 3. The molecule has 3 aliphatic rings. The number of hydrogen-bond donors (Lipinski definition) is 2. The van der Waals surface area contributed by atoms with E-state index in [-0.39, 0.29) is 37.3 Å². The Balaban J connectivity index is 1.56. The fourth-order valence-electron chi connectivity index (χ4n) is 5.66. The van der Waals surface area contributed by atoms with E-state index in [0.29, 0.717) is 33.5 Å². The lowest BCUT2D eigenvalue weighted by atomic mass is 9.87. The first kappa shape index (κ1) is 25.7. The SMILES string of the molecule is COC(=O)C1=C(CN2C3CC(CC(=O)O)CC2C(F)(F)C3)NC(c2nccs2)=NC1c1ccccc1Cl. The van der Waals surface area contributed by atoms with E-state index in [1.807, 2.05) is 0 Å². The lowest BCUT2D eigenvalue weighted by Gasteiger charge is -2.40. The maximum absolute atomic E-state index is 15.1. The molecule has 2 aromatic rings. The Morgan fingerprint density at radius 1 is 1.32 bits per heavy atom. The van der Waals surface area contributed by atoms with E-state index in [2.05, 4.69) is 10.3 Å². The van der Waals surface area contributed by atoms with Crippen LogP contribution < -0.4 is 5.32 Å². The van der Waals surface area contributed by atoms with Crippen LogP contribution >= 0.6 is 22.9 Å². The quantitative estimate of drug-likeness (QED) is 0.496. The van der Waals surface area contributed by atoms with Gasteiger partial charge in [0.05, 0.1) is 18.7 Å². The number of aliphatic imine (C=N–C) groups is 1. The van der Waals surface area contributed by atoms with Crippen LogP contribution in [-0.2, 0) is 14.3 Å². The standard InChI is InChI=1S/C25H25ClF2N4O4S/c1-36-24(35)20-17(12-32-14-8-13(10-19(33)34)9-18(32)25(27,28)11-14)30-22(23-29-6-7-37-23)31-21(20)15-4-2-3-5-16(15)26/h2-7,13-14,18,21H,8-12H2,1H3,(H,30,31)(H,33,34). The fraction of sp³-hybridized carbons (Fsp3) is 0.440. The summed E-state index contributed by atoms with van der Waals surface area (Å²) in [4.78, 5) is 35.1. The second-order valence-corrected chi connectivity index (χ2v) is 10.8. The Labute approximate surface area is 221 Å². The van der Waals surface area contributed by atoms with Gasteiger partial charge in [-0.1, -0.05) is 29.8 Å². The molecular weight excluding hydrogens is 526 g/mol. The van der Waals surface area contributed by atoms with Gasteiger partial charge in [-0.25, -0.2) is 18.6 Å². The molecule has 0 radical (unpaired) electrons. The molecule has 2 bridgehead atoms. The number of methoxy groups -OCH3 is 1. The van der Waals surface area contributed by atoms with E-state index >= 15 is 8.78 Å². The van der Waals surface area contributed by atoms with Gasteiger partial charge in [0.1, 0.15) is 6.04 Å². The Morgan fingerprint density at radius 3 is 2.76 bits per heavy atom. The third-order valence-electron chi connectivity index (χ3n) is 7.20. The summed E-state index contributed by atoms with van der Waals surface area (Å²) >= 11 is 7.85. The van der Waals surface area contributed by atoms with Gasteiger partial charge in [-0.2, -0.15) is 0 Å². The highest BCUT2D eigenvalue weighted by atomic mass is 35.5. The first-order valence-electron chi connectivity index (χ1n) is 11.8. The van der Waals surface area contributed by atoms with Crippen LogP contribution in [-0.4, -0.2) is 64.4 Å². The predicted octanol–water partition coefficient (Wildman–Crippen LogP) is 4.28. The van der Waals surface area contributed by atoms with Crippen LogP contribution in [0.1, 0.15) is 42.3 Å². The van der Waals surface area contributed by atoms with Gasteiger partial charge in [-0.05, 0) is 24.8 Å². The van der Waals surface area contributed by atoms with Crippen LogP contribution in [0.5, 0.6) is 0 Å². The number of alkyl halides is 2. The zero-order valence-corrected chi connectivity index (χ0v) is 21.4. The van der Waals surface area contributed by atoms with E-state index in [4.69, 9.17) is 21.3 Å². The van der Waals surface area contributed by atoms with Crippen molar-refractivity contribution < 1.29 is 28.2 Å². The highest BCUT2D eigenvalue weighted by Crippen LogP contribution is 2.49. The average molecular weight is 551 g/mol. The Kier molecular flexibility index (Phi) is 7.03. The molecule has 37 heavy (non-hydrogen) atoms. The van der Waals surface area contributed by atoms with Crippen LogP contribution in [0.3, 0.4) is 0 Å². The van der Waals surface area contributed by atoms with Gasteiger partial charge in [0, 0.05) is 53.3 Å². The molecule has 2 fully saturated rings. The molecule has 0 spiro atoms. The Hall–Kier alpha value is -2.89. The number of fused-ring (bicyclic) bond motifs is 2. The molecule has 5 rings (SSSR count). The third-order valence-corrected chi connectivity index (χ3v) is 8.32.